The van der Waals surface area contributed by atoms with E-state index >= 15 is 0 Å². The summed E-state index contributed by atoms with van der Waals surface area (Å²) in [5, 5.41) is 3.47. The number of anilines is 1. The van der Waals surface area contributed by atoms with Gasteiger partial charge in [-0.15, -0.1) is 0 Å². The van der Waals surface area contributed by atoms with Crippen LogP contribution in [0, 0.1) is 0 Å². The van der Waals surface area contributed by atoms with Crippen LogP contribution in [-0.2, 0) is 6.18 Å². The van der Waals surface area contributed by atoms with Gasteiger partial charge in [0.15, 0.2) is 5.69 Å². The Bertz CT molecular complexity index is 338. The van der Waals surface area contributed by atoms with Gasteiger partial charge in [-0.1, -0.05) is 0 Å². The average molecular weight is 205 g/mol. The first kappa shape index (κ1) is 9.36. The fraction of sp³-hybridized carbons (Fsp3) is 0.625. The van der Waals surface area contributed by atoms with Gasteiger partial charge in [-0.2, -0.15) is 18.3 Å². The third-order valence-electron chi connectivity index (χ3n) is 2.48. The maximum Gasteiger partial charge on any atom is 0.435 e. The van der Waals surface area contributed by atoms with Crippen LogP contribution in [-0.4, -0.2) is 9.78 Å². The first-order valence-electron chi connectivity index (χ1n) is 4.40. The first-order chi connectivity index (χ1) is 6.48. The highest BCUT2D eigenvalue weighted by molar-refractivity contribution is 5.32. The summed E-state index contributed by atoms with van der Waals surface area (Å²) in [7, 11) is 0. The molecule has 1 aliphatic carbocycles. The first-order valence-corrected chi connectivity index (χ1v) is 4.40. The molecule has 0 amide bonds. The quantitative estimate of drug-likeness (QED) is 0.763. The zero-order valence-electron chi connectivity index (χ0n) is 7.38. The molecule has 0 aromatic carbocycles. The molecule has 0 unspecified atom stereocenters. The van der Waals surface area contributed by atoms with E-state index in [2.05, 4.69) is 5.10 Å². The molecule has 0 bridgehead atoms. The lowest BCUT2D eigenvalue weighted by Gasteiger charge is -2.26. The molecule has 1 aliphatic rings. The number of halogens is 3. The molecular weight excluding hydrogens is 195 g/mol. The van der Waals surface area contributed by atoms with Gasteiger partial charge in [0.25, 0.3) is 0 Å². The number of hydrogen-bond acceptors (Lipinski definition) is 2. The Morgan fingerprint density at radius 3 is 2.43 bits per heavy atom. The SMILES string of the molecule is Nc1cc(C(F)(F)F)nn1C1CCC1. The van der Waals surface area contributed by atoms with Gasteiger partial charge in [-0.05, 0) is 19.3 Å². The van der Waals surface area contributed by atoms with Crippen molar-refractivity contribution >= 4 is 5.82 Å². The number of alkyl halides is 3. The van der Waals surface area contributed by atoms with Crippen LogP contribution in [0.2, 0.25) is 0 Å². The molecule has 0 radical (unpaired) electrons. The standard InChI is InChI=1S/C8H10F3N3/c9-8(10,11)6-4-7(12)14(13-6)5-2-1-3-5/h4-5H,1-3,12H2. The number of nitrogen functional groups attached to an aromatic ring is 1. The molecule has 2 N–H and O–H groups in total. The highest BCUT2D eigenvalue weighted by Gasteiger charge is 2.36. The van der Waals surface area contributed by atoms with Crippen LogP contribution in [0.5, 0.6) is 0 Å². The van der Waals surface area contributed by atoms with Gasteiger partial charge >= 0.3 is 6.18 Å². The van der Waals surface area contributed by atoms with E-state index in [0.29, 0.717) is 0 Å². The van der Waals surface area contributed by atoms with E-state index in [0.717, 1.165) is 25.3 Å². The topological polar surface area (TPSA) is 43.8 Å². The van der Waals surface area contributed by atoms with Crippen LogP contribution in [0.1, 0.15) is 31.0 Å². The molecule has 6 heteroatoms. The van der Waals surface area contributed by atoms with Gasteiger partial charge in [-0.25, -0.2) is 4.68 Å². The van der Waals surface area contributed by atoms with Crippen molar-refractivity contribution < 1.29 is 13.2 Å². The predicted octanol–water partition coefficient (Wildman–Crippen LogP) is 2.21. The molecule has 0 atom stereocenters. The molecule has 1 saturated carbocycles. The second-order valence-corrected chi connectivity index (χ2v) is 3.48. The lowest BCUT2D eigenvalue weighted by molar-refractivity contribution is -0.141. The fourth-order valence-electron chi connectivity index (χ4n) is 1.47. The van der Waals surface area contributed by atoms with Crippen molar-refractivity contribution in [3.8, 4) is 0 Å². The van der Waals surface area contributed by atoms with E-state index in [9.17, 15) is 13.2 Å². The van der Waals surface area contributed by atoms with E-state index in [1.807, 2.05) is 0 Å². The Labute approximate surface area is 78.7 Å². The second kappa shape index (κ2) is 2.90. The zero-order valence-corrected chi connectivity index (χ0v) is 7.38. The fourth-order valence-corrected chi connectivity index (χ4v) is 1.47. The van der Waals surface area contributed by atoms with Crippen molar-refractivity contribution in [2.75, 3.05) is 5.73 Å². The molecule has 0 spiro atoms. The summed E-state index contributed by atoms with van der Waals surface area (Å²) in [4.78, 5) is 0. The van der Waals surface area contributed by atoms with Crippen molar-refractivity contribution in [2.45, 2.75) is 31.5 Å². The minimum atomic E-state index is -4.40. The Balaban J connectivity index is 2.29. The number of rotatable bonds is 1. The highest BCUT2D eigenvalue weighted by Crippen LogP contribution is 2.36. The summed E-state index contributed by atoms with van der Waals surface area (Å²) < 4.78 is 38.0. The smallest absolute Gasteiger partial charge is 0.384 e. The van der Waals surface area contributed by atoms with Crippen molar-refractivity contribution in [1.29, 1.82) is 0 Å². The van der Waals surface area contributed by atoms with Gasteiger partial charge < -0.3 is 5.73 Å². The number of nitrogens with zero attached hydrogens (tertiary/aromatic N) is 2. The van der Waals surface area contributed by atoms with Gasteiger partial charge in [0, 0.05) is 6.07 Å². The summed E-state index contributed by atoms with van der Waals surface area (Å²) in [6, 6.07) is 0.948. The second-order valence-electron chi connectivity index (χ2n) is 3.48. The van der Waals surface area contributed by atoms with Crippen molar-refractivity contribution in [3.63, 3.8) is 0 Å². The summed E-state index contributed by atoms with van der Waals surface area (Å²) in [6.45, 7) is 0. The number of hydrogen-bond donors (Lipinski definition) is 1. The van der Waals surface area contributed by atoms with E-state index < -0.39 is 11.9 Å². The summed E-state index contributed by atoms with van der Waals surface area (Å²) in [5.74, 6) is 0.0991. The largest absolute Gasteiger partial charge is 0.435 e. The maximum atomic E-state index is 12.2. The van der Waals surface area contributed by atoms with Crippen molar-refractivity contribution in [1.82, 2.24) is 9.78 Å². The number of aromatic nitrogens is 2. The third kappa shape index (κ3) is 1.44. The Hall–Kier alpha value is -1.20. The lowest BCUT2D eigenvalue weighted by atomic mass is 9.93. The van der Waals surface area contributed by atoms with Crippen LogP contribution >= 0.6 is 0 Å². The summed E-state index contributed by atoms with van der Waals surface area (Å²) in [6.07, 6.45) is -1.64. The molecule has 78 valence electrons. The Morgan fingerprint density at radius 2 is 2.07 bits per heavy atom. The van der Waals surface area contributed by atoms with Crippen LogP contribution in [0.25, 0.3) is 0 Å². The normalized spacial score (nSPS) is 18.2. The molecule has 3 nitrogen and oxygen atoms in total. The Morgan fingerprint density at radius 1 is 1.43 bits per heavy atom. The number of nitrogens with two attached hydrogens (primary N) is 1. The minimum Gasteiger partial charge on any atom is -0.384 e. The van der Waals surface area contributed by atoms with Crippen LogP contribution in [0.3, 0.4) is 0 Å². The molecule has 1 fully saturated rings. The molecule has 14 heavy (non-hydrogen) atoms. The van der Waals surface area contributed by atoms with Crippen molar-refractivity contribution in [2.24, 2.45) is 0 Å². The van der Waals surface area contributed by atoms with Crippen molar-refractivity contribution in [3.05, 3.63) is 11.8 Å². The highest BCUT2D eigenvalue weighted by atomic mass is 19.4. The average Bonchev–Trinajstić information content (AvgIpc) is 2.28. The molecule has 0 aliphatic heterocycles. The maximum absolute atomic E-state index is 12.2. The van der Waals surface area contributed by atoms with Gasteiger partial charge in [0.1, 0.15) is 5.82 Å². The monoisotopic (exact) mass is 205 g/mol. The molecule has 1 aromatic rings. The molecule has 1 aromatic heterocycles. The van der Waals surface area contributed by atoms with E-state index in [-0.39, 0.29) is 11.9 Å². The molecular formula is C8H10F3N3. The van der Waals surface area contributed by atoms with Gasteiger partial charge in [-0.3, -0.25) is 0 Å². The molecule has 1 heterocycles. The zero-order chi connectivity index (χ0) is 10.3. The third-order valence-corrected chi connectivity index (χ3v) is 2.48. The van der Waals surface area contributed by atoms with E-state index in [1.54, 1.807) is 0 Å². The van der Waals surface area contributed by atoms with Crippen LogP contribution in [0.4, 0.5) is 19.0 Å². The lowest BCUT2D eigenvalue weighted by Crippen LogP contribution is -2.20. The predicted molar refractivity (Wildman–Crippen MR) is 44.5 cm³/mol. The van der Waals surface area contributed by atoms with Crippen LogP contribution < -0.4 is 5.73 Å². The minimum absolute atomic E-state index is 0.0612. The van der Waals surface area contributed by atoms with E-state index in [1.165, 1.54) is 4.68 Å². The van der Waals surface area contributed by atoms with E-state index in [4.69, 9.17) is 5.73 Å². The van der Waals surface area contributed by atoms with Gasteiger partial charge in [0.2, 0.25) is 0 Å². The summed E-state index contributed by atoms with van der Waals surface area (Å²) in [5.41, 5.74) is 4.55. The van der Waals surface area contributed by atoms with Crippen LogP contribution in [0.15, 0.2) is 6.07 Å². The summed E-state index contributed by atoms with van der Waals surface area (Å²) >= 11 is 0. The van der Waals surface area contributed by atoms with Gasteiger partial charge in [0.05, 0.1) is 6.04 Å². The molecule has 2 rings (SSSR count). The molecule has 0 saturated heterocycles. The Kier molecular flexibility index (Phi) is 1.94.